The Balaban J connectivity index is 2.08. The lowest BCUT2D eigenvalue weighted by molar-refractivity contribution is 0.0692. The highest BCUT2D eigenvalue weighted by Crippen LogP contribution is 2.49. The Morgan fingerprint density at radius 2 is 2.04 bits per heavy atom. The first-order chi connectivity index (χ1) is 13.1. The fourth-order valence-electron chi connectivity index (χ4n) is 3.58. The summed E-state index contributed by atoms with van der Waals surface area (Å²) in [7, 11) is -3.95. The van der Waals surface area contributed by atoms with E-state index in [0.29, 0.717) is 33.7 Å². The molecule has 0 unspecified atom stereocenters. The number of aromatic nitrogens is 2. The minimum Gasteiger partial charge on any atom is -0.481 e. The number of carboxylic acid groups (broad SMARTS) is 1. The van der Waals surface area contributed by atoms with E-state index in [2.05, 4.69) is 9.97 Å². The number of aromatic carboxylic acids is 1. The van der Waals surface area contributed by atoms with Crippen molar-refractivity contribution < 1.29 is 23.1 Å². The molecule has 0 aliphatic carbocycles. The van der Waals surface area contributed by atoms with Crippen molar-refractivity contribution in [1.29, 1.82) is 0 Å². The first-order valence-electron chi connectivity index (χ1n) is 8.36. The predicted molar refractivity (Wildman–Crippen MR) is 101 cm³/mol. The number of hydrogen-bond donors (Lipinski definition) is 3. The fourth-order valence-corrected chi connectivity index (χ4v) is 4.13. The van der Waals surface area contributed by atoms with E-state index in [1.54, 1.807) is 24.5 Å². The Bertz CT molecular complexity index is 1230. The minimum atomic E-state index is -3.95. The molecule has 0 saturated carbocycles. The second kappa shape index (κ2) is 5.91. The number of carbonyl (C=O) groups is 1. The van der Waals surface area contributed by atoms with E-state index in [4.69, 9.17) is 9.88 Å². The van der Waals surface area contributed by atoms with Crippen molar-refractivity contribution in [2.24, 2.45) is 5.14 Å². The summed E-state index contributed by atoms with van der Waals surface area (Å²) in [6, 6.07) is 7.62. The fraction of sp³-hybridized carbons (Fsp3) is 0.158. The predicted octanol–water partition coefficient (Wildman–Crippen LogP) is 2.72. The highest BCUT2D eigenvalue weighted by molar-refractivity contribution is 7.89. The molecule has 1 aliphatic heterocycles. The molecular weight excluding hydrogens is 382 g/mol. The van der Waals surface area contributed by atoms with Crippen LogP contribution in [0.5, 0.6) is 5.75 Å². The molecular formula is C19H17N3O5S. The third-order valence-corrected chi connectivity index (χ3v) is 5.60. The molecule has 0 bridgehead atoms. The van der Waals surface area contributed by atoms with Crippen LogP contribution in [0.4, 0.5) is 0 Å². The SMILES string of the molecule is CC1(C)Oc2cnccc2-c2[nH]c(C(=O)O)c(-c3cccc(S(N)(=O)=O)c3)c21. The maximum atomic E-state index is 12.0. The molecule has 3 heterocycles. The van der Waals surface area contributed by atoms with Gasteiger partial charge >= 0.3 is 5.97 Å². The number of carboxylic acids is 1. The number of nitrogens with two attached hydrogens (primary N) is 1. The van der Waals surface area contributed by atoms with Gasteiger partial charge in [0.05, 0.1) is 16.8 Å². The summed E-state index contributed by atoms with van der Waals surface area (Å²) >= 11 is 0. The number of H-pyrrole nitrogens is 1. The summed E-state index contributed by atoms with van der Waals surface area (Å²) in [5.41, 5.74) is 1.73. The van der Waals surface area contributed by atoms with Crippen LogP contribution in [-0.4, -0.2) is 29.5 Å². The Kier molecular flexibility index (Phi) is 3.84. The standard InChI is InChI=1S/C19H17N3O5S/c1-19(2)15-14(10-4-3-5-11(8-10)28(20,25)26)17(18(23)24)22-16(15)12-6-7-21-9-13(12)27-19/h3-9,22H,1-2H3,(H,23,24)(H2,20,25,26). The summed E-state index contributed by atoms with van der Waals surface area (Å²) in [6.07, 6.45) is 3.16. The number of pyridine rings is 1. The van der Waals surface area contributed by atoms with Crippen LogP contribution in [0.25, 0.3) is 22.4 Å². The Hall–Kier alpha value is -3.17. The van der Waals surface area contributed by atoms with Gasteiger partial charge in [0.1, 0.15) is 17.0 Å². The Labute approximate surface area is 161 Å². The van der Waals surface area contributed by atoms with Crippen molar-refractivity contribution >= 4 is 16.0 Å². The second-order valence-electron chi connectivity index (χ2n) is 6.99. The van der Waals surface area contributed by atoms with Gasteiger partial charge in [-0.05, 0) is 37.6 Å². The summed E-state index contributed by atoms with van der Waals surface area (Å²) in [5.74, 6) is -0.639. The molecule has 0 amide bonds. The molecule has 1 aliphatic rings. The van der Waals surface area contributed by atoms with Crippen molar-refractivity contribution in [3.8, 4) is 28.1 Å². The third-order valence-electron chi connectivity index (χ3n) is 4.69. The molecule has 9 heteroatoms. The number of sulfonamides is 1. The Morgan fingerprint density at radius 1 is 1.29 bits per heavy atom. The molecule has 0 atom stereocenters. The molecule has 144 valence electrons. The van der Waals surface area contributed by atoms with E-state index < -0.39 is 21.6 Å². The number of rotatable bonds is 3. The van der Waals surface area contributed by atoms with Crippen molar-refractivity contribution in [3.63, 3.8) is 0 Å². The number of aromatic amines is 1. The first kappa shape index (κ1) is 18.2. The van der Waals surface area contributed by atoms with Crippen LogP contribution in [0, 0.1) is 0 Å². The van der Waals surface area contributed by atoms with Gasteiger partial charge in [0.15, 0.2) is 0 Å². The normalized spacial score (nSPS) is 14.7. The van der Waals surface area contributed by atoms with Gasteiger partial charge in [-0.3, -0.25) is 4.98 Å². The number of benzene rings is 1. The molecule has 0 spiro atoms. The molecule has 0 radical (unpaired) electrons. The van der Waals surface area contributed by atoms with Crippen LogP contribution >= 0.6 is 0 Å². The topological polar surface area (TPSA) is 135 Å². The number of hydrogen-bond acceptors (Lipinski definition) is 5. The van der Waals surface area contributed by atoms with E-state index in [-0.39, 0.29) is 10.6 Å². The van der Waals surface area contributed by atoms with Gasteiger partial charge in [-0.15, -0.1) is 0 Å². The van der Waals surface area contributed by atoms with Crippen molar-refractivity contribution in [3.05, 3.63) is 54.0 Å². The van der Waals surface area contributed by atoms with E-state index in [9.17, 15) is 18.3 Å². The van der Waals surface area contributed by atoms with Gasteiger partial charge in [-0.1, -0.05) is 12.1 Å². The highest BCUT2D eigenvalue weighted by Gasteiger charge is 2.39. The monoisotopic (exact) mass is 399 g/mol. The highest BCUT2D eigenvalue weighted by atomic mass is 32.2. The lowest BCUT2D eigenvalue weighted by atomic mass is 9.86. The van der Waals surface area contributed by atoms with Crippen LogP contribution in [0.15, 0.2) is 47.6 Å². The molecule has 4 rings (SSSR count). The number of nitrogens with zero attached hydrogens (tertiary/aromatic N) is 1. The molecule has 2 aromatic heterocycles. The third kappa shape index (κ3) is 2.76. The number of primary sulfonamides is 1. The summed E-state index contributed by atoms with van der Waals surface area (Å²) in [4.78, 5) is 18.9. The molecule has 0 saturated heterocycles. The second-order valence-corrected chi connectivity index (χ2v) is 8.55. The maximum Gasteiger partial charge on any atom is 0.352 e. The maximum absolute atomic E-state index is 12.0. The lowest BCUT2D eigenvalue weighted by Crippen LogP contribution is -2.29. The number of fused-ring (bicyclic) bond motifs is 3. The average Bonchev–Trinajstić information content (AvgIpc) is 3.03. The molecule has 28 heavy (non-hydrogen) atoms. The van der Waals surface area contributed by atoms with Crippen LogP contribution in [0.2, 0.25) is 0 Å². The summed E-state index contributed by atoms with van der Waals surface area (Å²) < 4.78 is 29.6. The lowest BCUT2D eigenvalue weighted by Gasteiger charge is -2.33. The van der Waals surface area contributed by atoms with Gasteiger partial charge in [0.2, 0.25) is 10.0 Å². The van der Waals surface area contributed by atoms with Crippen LogP contribution < -0.4 is 9.88 Å². The largest absolute Gasteiger partial charge is 0.481 e. The van der Waals surface area contributed by atoms with Gasteiger partial charge in [-0.25, -0.2) is 18.4 Å². The molecule has 4 N–H and O–H groups in total. The average molecular weight is 399 g/mol. The van der Waals surface area contributed by atoms with Crippen molar-refractivity contribution in [2.45, 2.75) is 24.3 Å². The van der Waals surface area contributed by atoms with Crippen molar-refractivity contribution in [1.82, 2.24) is 9.97 Å². The zero-order valence-electron chi connectivity index (χ0n) is 15.1. The van der Waals surface area contributed by atoms with E-state index >= 15 is 0 Å². The molecule has 3 aromatic rings. The van der Waals surface area contributed by atoms with E-state index in [1.807, 2.05) is 13.8 Å². The number of ether oxygens (including phenoxy) is 1. The van der Waals surface area contributed by atoms with E-state index in [0.717, 1.165) is 0 Å². The van der Waals surface area contributed by atoms with Gasteiger partial charge in [0.25, 0.3) is 0 Å². The quantitative estimate of drug-likeness (QED) is 0.620. The molecule has 0 fully saturated rings. The van der Waals surface area contributed by atoms with E-state index in [1.165, 1.54) is 18.2 Å². The van der Waals surface area contributed by atoms with Crippen LogP contribution in [0.1, 0.15) is 29.9 Å². The molecule has 1 aromatic carbocycles. The molecule has 8 nitrogen and oxygen atoms in total. The zero-order valence-corrected chi connectivity index (χ0v) is 15.9. The first-order valence-corrected chi connectivity index (χ1v) is 9.90. The zero-order chi connectivity index (χ0) is 20.3. The smallest absolute Gasteiger partial charge is 0.352 e. The van der Waals surface area contributed by atoms with Crippen LogP contribution in [-0.2, 0) is 15.6 Å². The van der Waals surface area contributed by atoms with Gasteiger partial charge in [-0.2, -0.15) is 0 Å². The van der Waals surface area contributed by atoms with Crippen molar-refractivity contribution in [2.75, 3.05) is 0 Å². The Morgan fingerprint density at radius 3 is 2.71 bits per heavy atom. The minimum absolute atomic E-state index is 0.0575. The summed E-state index contributed by atoms with van der Waals surface area (Å²) in [6.45, 7) is 3.63. The van der Waals surface area contributed by atoms with Gasteiger partial charge in [0, 0.05) is 22.9 Å². The summed E-state index contributed by atoms with van der Waals surface area (Å²) in [5, 5.41) is 15.0. The van der Waals surface area contributed by atoms with Gasteiger partial charge < -0.3 is 14.8 Å². The van der Waals surface area contributed by atoms with Crippen LogP contribution in [0.3, 0.4) is 0 Å². The number of nitrogens with one attached hydrogen (secondary N) is 1.